The lowest BCUT2D eigenvalue weighted by molar-refractivity contribution is 0.0706. The number of carbonyl (C=O) groups excluding carboxylic acids is 1. The van der Waals surface area contributed by atoms with Crippen molar-refractivity contribution in [1.29, 1.82) is 5.41 Å². The molecule has 1 heterocycles. The molecule has 1 aromatic carbocycles. The van der Waals surface area contributed by atoms with E-state index in [9.17, 15) is 4.79 Å². The van der Waals surface area contributed by atoms with Gasteiger partial charge in [-0.2, -0.15) is 0 Å². The molecule has 0 aliphatic heterocycles. The Kier molecular flexibility index (Phi) is 5.43. The lowest BCUT2D eigenvalue weighted by Crippen LogP contribution is -2.29. The van der Waals surface area contributed by atoms with E-state index in [-0.39, 0.29) is 5.84 Å². The molecule has 1 aromatic heterocycles. The molecule has 118 valence electrons. The minimum Gasteiger partial charge on any atom is -0.404 e. The molecule has 1 amide bonds. The molecule has 0 bridgehead atoms. The quantitative estimate of drug-likeness (QED) is 0.290. The average molecular weight is 311 g/mol. The van der Waals surface area contributed by atoms with E-state index in [2.05, 4.69) is 4.98 Å². The van der Waals surface area contributed by atoms with Gasteiger partial charge in [0, 0.05) is 11.8 Å². The van der Waals surface area contributed by atoms with Gasteiger partial charge in [-0.3, -0.25) is 15.4 Å². The zero-order chi connectivity index (χ0) is 16.7. The molecule has 2 rings (SSSR count). The van der Waals surface area contributed by atoms with Gasteiger partial charge in [-0.05, 0) is 42.1 Å². The second-order valence-corrected chi connectivity index (χ2v) is 4.66. The van der Waals surface area contributed by atoms with Crippen LogP contribution in [0.1, 0.15) is 15.9 Å². The standard InChI is InChI=1S/C16H17N5O2/c17-9-8-14(18)21(15-3-1-2-10-19-15)11-12-4-6-13(7-5-12)16(22)20-23/h1-10,18,23H,11,17H2,(H,20,22)/b9-8-,18-14?. The first-order valence-corrected chi connectivity index (χ1v) is 6.84. The Morgan fingerprint density at radius 2 is 2.04 bits per heavy atom. The molecule has 23 heavy (non-hydrogen) atoms. The molecule has 0 aliphatic carbocycles. The van der Waals surface area contributed by atoms with Crippen LogP contribution in [0.15, 0.2) is 60.9 Å². The number of amidine groups is 1. The highest BCUT2D eigenvalue weighted by Gasteiger charge is 2.12. The number of nitrogens with zero attached hydrogens (tertiary/aromatic N) is 2. The van der Waals surface area contributed by atoms with Crippen molar-refractivity contribution in [3.63, 3.8) is 0 Å². The SMILES string of the molecule is N=C(/C=C\N)N(Cc1ccc(C(=O)NO)cc1)c1ccccn1. The van der Waals surface area contributed by atoms with Crippen LogP contribution in [-0.2, 0) is 6.54 Å². The van der Waals surface area contributed by atoms with E-state index in [0.717, 1.165) is 5.56 Å². The van der Waals surface area contributed by atoms with Gasteiger partial charge in [-0.1, -0.05) is 18.2 Å². The lowest BCUT2D eigenvalue weighted by atomic mass is 10.1. The molecule has 7 heteroatoms. The number of anilines is 1. The number of hydrogen-bond donors (Lipinski definition) is 4. The number of carbonyl (C=O) groups is 1. The fourth-order valence-electron chi connectivity index (χ4n) is 1.99. The van der Waals surface area contributed by atoms with Crippen molar-refractivity contribution in [3.05, 3.63) is 72.1 Å². The highest BCUT2D eigenvalue weighted by atomic mass is 16.5. The first kappa shape index (κ1) is 16.2. The van der Waals surface area contributed by atoms with Crippen molar-refractivity contribution in [1.82, 2.24) is 10.5 Å². The van der Waals surface area contributed by atoms with Gasteiger partial charge >= 0.3 is 0 Å². The normalized spacial score (nSPS) is 10.5. The van der Waals surface area contributed by atoms with Crippen LogP contribution < -0.4 is 16.1 Å². The first-order chi connectivity index (χ1) is 11.2. The summed E-state index contributed by atoms with van der Waals surface area (Å²) in [5.41, 5.74) is 8.18. The fraction of sp³-hybridized carbons (Fsp3) is 0.0625. The summed E-state index contributed by atoms with van der Waals surface area (Å²) in [7, 11) is 0. The molecule has 0 spiro atoms. The van der Waals surface area contributed by atoms with Gasteiger partial charge in [-0.15, -0.1) is 0 Å². The van der Waals surface area contributed by atoms with Gasteiger partial charge < -0.3 is 10.6 Å². The Morgan fingerprint density at radius 3 is 2.61 bits per heavy atom. The number of pyridine rings is 1. The zero-order valence-corrected chi connectivity index (χ0v) is 12.3. The highest BCUT2D eigenvalue weighted by Crippen LogP contribution is 2.15. The molecule has 0 saturated heterocycles. The van der Waals surface area contributed by atoms with Crippen molar-refractivity contribution in [2.75, 3.05) is 4.90 Å². The molecule has 5 N–H and O–H groups in total. The maximum absolute atomic E-state index is 11.3. The molecule has 7 nitrogen and oxygen atoms in total. The minimum atomic E-state index is -0.572. The van der Waals surface area contributed by atoms with Gasteiger partial charge in [0.2, 0.25) is 0 Å². The van der Waals surface area contributed by atoms with Gasteiger partial charge in [0.05, 0.1) is 6.54 Å². The van der Waals surface area contributed by atoms with Crippen LogP contribution in [0.2, 0.25) is 0 Å². The molecule has 0 fully saturated rings. The topological polar surface area (TPSA) is 115 Å². The summed E-state index contributed by atoms with van der Waals surface area (Å²) >= 11 is 0. The summed E-state index contributed by atoms with van der Waals surface area (Å²) in [6, 6.07) is 12.1. The van der Waals surface area contributed by atoms with E-state index < -0.39 is 5.91 Å². The predicted molar refractivity (Wildman–Crippen MR) is 87.2 cm³/mol. The summed E-state index contributed by atoms with van der Waals surface area (Å²) in [6.45, 7) is 0.390. The molecule has 0 radical (unpaired) electrons. The van der Waals surface area contributed by atoms with Gasteiger partial charge in [-0.25, -0.2) is 10.5 Å². The third kappa shape index (κ3) is 4.14. The molecular formula is C16H17N5O2. The van der Waals surface area contributed by atoms with Gasteiger partial charge in [0.25, 0.3) is 5.91 Å². The van der Waals surface area contributed by atoms with Crippen LogP contribution in [0.4, 0.5) is 5.82 Å². The van der Waals surface area contributed by atoms with Crippen LogP contribution in [0.3, 0.4) is 0 Å². The maximum atomic E-state index is 11.3. The van der Waals surface area contributed by atoms with E-state index in [0.29, 0.717) is 17.9 Å². The highest BCUT2D eigenvalue weighted by molar-refractivity contribution is 6.02. The number of nitrogens with one attached hydrogen (secondary N) is 2. The average Bonchev–Trinajstić information content (AvgIpc) is 2.60. The maximum Gasteiger partial charge on any atom is 0.274 e. The van der Waals surface area contributed by atoms with Crippen molar-refractivity contribution in [3.8, 4) is 0 Å². The van der Waals surface area contributed by atoms with Crippen LogP contribution >= 0.6 is 0 Å². The van der Waals surface area contributed by atoms with Gasteiger partial charge in [0.15, 0.2) is 0 Å². The summed E-state index contributed by atoms with van der Waals surface area (Å²) in [5, 5.41) is 16.7. The van der Waals surface area contributed by atoms with E-state index in [1.54, 1.807) is 53.0 Å². The summed E-state index contributed by atoms with van der Waals surface area (Å²) in [4.78, 5) is 17.3. The fourth-order valence-corrected chi connectivity index (χ4v) is 1.99. The number of hydroxylamine groups is 1. The van der Waals surface area contributed by atoms with Crippen molar-refractivity contribution in [2.24, 2.45) is 5.73 Å². The monoisotopic (exact) mass is 311 g/mol. The molecule has 0 atom stereocenters. The molecular weight excluding hydrogens is 294 g/mol. The summed E-state index contributed by atoms with van der Waals surface area (Å²) in [5.74, 6) is 0.244. The lowest BCUT2D eigenvalue weighted by Gasteiger charge is -2.22. The van der Waals surface area contributed by atoms with E-state index in [1.807, 2.05) is 6.07 Å². The molecule has 0 aliphatic rings. The third-order valence-corrected chi connectivity index (χ3v) is 3.13. The Balaban J connectivity index is 2.24. The number of rotatable bonds is 5. The minimum absolute atomic E-state index is 0.198. The Hall–Kier alpha value is -3.19. The number of hydrogen-bond acceptors (Lipinski definition) is 5. The van der Waals surface area contributed by atoms with Crippen LogP contribution in [-0.4, -0.2) is 21.9 Å². The Labute approximate surface area is 133 Å². The van der Waals surface area contributed by atoms with Crippen LogP contribution in [0.5, 0.6) is 0 Å². The molecule has 0 saturated carbocycles. The van der Waals surface area contributed by atoms with Gasteiger partial charge in [0.1, 0.15) is 11.7 Å². The Morgan fingerprint density at radius 1 is 1.30 bits per heavy atom. The summed E-state index contributed by atoms with van der Waals surface area (Å²) in [6.07, 6.45) is 4.42. The second-order valence-electron chi connectivity index (χ2n) is 4.66. The summed E-state index contributed by atoms with van der Waals surface area (Å²) < 4.78 is 0. The van der Waals surface area contributed by atoms with E-state index in [1.165, 1.54) is 12.3 Å². The second kappa shape index (κ2) is 7.71. The number of aromatic nitrogens is 1. The number of amides is 1. The van der Waals surface area contributed by atoms with Crippen LogP contribution in [0.25, 0.3) is 0 Å². The smallest absolute Gasteiger partial charge is 0.274 e. The largest absolute Gasteiger partial charge is 0.404 e. The zero-order valence-electron chi connectivity index (χ0n) is 12.3. The van der Waals surface area contributed by atoms with E-state index in [4.69, 9.17) is 16.4 Å². The third-order valence-electron chi connectivity index (χ3n) is 3.13. The molecule has 2 aromatic rings. The number of nitrogens with two attached hydrogens (primary N) is 1. The van der Waals surface area contributed by atoms with Crippen molar-refractivity contribution >= 4 is 17.6 Å². The van der Waals surface area contributed by atoms with Crippen molar-refractivity contribution in [2.45, 2.75) is 6.54 Å². The Bertz CT molecular complexity index is 698. The number of benzene rings is 1. The predicted octanol–water partition coefficient (Wildman–Crippen LogP) is 1.66. The first-order valence-electron chi connectivity index (χ1n) is 6.84. The molecule has 0 unspecified atom stereocenters. The van der Waals surface area contributed by atoms with Crippen molar-refractivity contribution < 1.29 is 10.0 Å². The van der Waals surface area contributed by atoms with Crippen LogP contribution in [0, 0.1) is 5.41 Å². The van der Waals surface area contributed by atoms with E-state index >= 15 is 0 Å².